The van der Waals surface area contributed by atoms with Gasteiger partial charge in [-0.25, -0.2) is 18.0 Å². The number of hydrogen-bond acceptors (Lipinski definition) is 9. The minimum atomic E-state index is -5.08. The first kappa shape index (κ1) is 36.1. The number of ether oxygens (including phenoxy) is 2. The minimum Gasteiger partial charge on any atom is -0.461 e. The van der Waals surface area contributed by atoms with Crippen LogP contribution in [0.5, 0.6) is 6.01 Å². The molecular weight excluding hydrogens is 718 g/mol. The largest absolute Gasteiger partial charge is 0.461 e. The van der Waals surface area contributed by atoms with Crippen molar-refractivity contribution in [1.82, 2.24) is 30.0 Å². The summed E-state index contributed by atoms with van der Waals surface area (Å²) >= 11 is 0. The highest BCUT2D eigenvalue weighted by Crippen LogP contribution is 2.48. The van der Waals surface area contributed by atoms with E-state index in [1.807, 2.05) is 4.90 Å². The van der Waals surface area contributed by atoms with Crippen molar-refractivity contribution in [2.24, 2.45) is 0 Å². The van der Waals surface area contributed by atoms with Gasteiger partial charge < -0.3 is 14.4 Å². The Balaban J connectivity index is 1.29. The number of carbonyl (C=O) groups is 1. The molecule has 1 amide bonds. The third-order valence-corrected chi connectivity index (χ3v) is 11.1. The van der Waals surface area contributed by atoms with Gasteiger partial charge in [0.1, 0.15) is 41.6 Å². The monoisotopic (exact) mass is 756 g/mol. The number of carbonyl (C=O) groups excluding carboxylic acids is 1. The molecule has 0 spiro atoms. The fourth-order valence-corrected chi connectivity index (χ4v) is 9.05. The summed E-state index contributed by atoms with van der Waals surface area (Å²) in [6, 6.07) is 2.78. The lowest BCUT2D eigenvalue weighted by atomic mass is 9.89. The molecule has 0 radical (unpaired) electrons. The Morgan fingerprint density at radius 1 is 1.09 bits per heavy atom. The summed E-state index contributed by atoms with van der Waals surface area (Å²) in [6.07, 6.45) is -3.63. The molecular formula is C37H38F6N8O3. The van der Waals surface area contributed by atoms with Gasteiger partial charge >= 0.3 is 18.3 Å². The van der Waals surface area contributed by atoms with Crippen LogP contribution in [0.25, 0.3) is 32.9 Å². The van der Waals surface area contributed by atoms with Gasteiger partial charge in [-0.05, 0) is 77.6 Å². The van der Waals surface area contributed by atoms with Gasteiger partial charge in [-0.2, -0.15) is 33.5 Å². The molecule has 17 heteroatoms. The number of fused-ring (bicyclic) bond motifs is 5. The summed E-state index contributed by atoms with van der Waals surface area (Å²) in [5, 5.41) is 15.6. The number of anilines is 1. The van der Waals surface area contributed by atoms with E-state index in [0.29, 0.717) is 25.8 Å². The second-order valence-corrected chi connectivity index (χ2v) is 15.9. The number of hydrogen-bond donors (Lipinski definition) is 1. The first-order valence-electron chi connectivity index (χ1n) is 18.0. The van der Waals surface area contributed by atoms with Crippen LogP contribution in [-0.2, 0) is 10.9 Å². The predicted molar refractivity (Wildman–Crippen MR) is 185 cm³/mol. The molecule has 286 valence electrons. The highest BCUT2D eigenvalue weighted by Gasteiger charge is 2.50. The molecule has 4 atom stereocenters. The number of aromatic amines is 1. The van der Waals surface area contributed by atoms with E-state index in [1.54, 1.807) is 36.6 Å². The lowest BCUT2D eigenvalue weighted by Crippen LogP contribution is -2.57. The topological polar surface area (TPSA) is 124 Å². The highest BCUT2D eigenvalue weighted by molar-refractivity contribution is 6.03. The van der Waals surface area contributed by atoms with Crippen LogP contribution in [0, 0.1) is 29.9 Å². The minimum absolute atomic E-state index is 0.0141. The van der Waals surface area contributed by atoms with Crippen molar-refractivity contribution in [3.63, 3.8) is 0 Å². The quantitative estimate of drug-likeness (QED) is 0.211. The van der Waals surface area contributed by atoms with Crippen LogP contribution in [0.3, 0.4) is 0 Å². The van der Waals surface area contributed by atoms with E-state index < -0.39 is 74.5 Å². The molecule has 2 aromatic heterocycles. The van der Waals surface area contributed by atoms with Gasteiger partial charge in [0.25, 0.3) is 0 Å². The number of nitrogens with zero attached hydrogens (tertiary/aromatic N) is 7. The Morgan fingerprint density at radius 3 is 2.48 bits per heavy atom. The first-order valence-corrected chi connectivity index (χ1v) is 18.0. The van der Waals surface area contributed by atoms with Gasteiger partial charge in [0.15, 0.2) is 11.5 Å². The molecule has 4 saturated heterocycles. The molecule has 11 nitrogen and oxygen atoms in total. The zero-order valence-corrected chi connectivity index (χ0v) is 30.1. The summed E-state index contributed by atoms with van der Waals surface area (Å²) in [4.78, 5) is 27.7. The molecule has 2 bridgehead atoms. The van der Waals surface area contributed by atoms with Crippen LogP contribution < -0.4 is 9.64 Å². The van der Waals surface area contributed by atoms with Crippen LogP contribution >= 0.6 is 0 Å². The van der Waals surface area contributed by atoms with E-state index in [4.69, 9.17) is 9.47 Å². The number of aryl methyl sites for hydroxylation is 1. The molecule has 2 aromatic carbocycles. The number of nitriles is 1. The van der Waals surface area contributed by atoms with Crippen molar-refractivity contribution < 1.29 is 40.6 Å². The van der Waals surface area contributed by atoms with E-state index in [2.05, 4.69) is 20.2 Å². The smallest absolute Gasteiger partial charge is 0.417 e. The summed E-state index contributed by atoms with van der Waals surface area (Å²) in [5.41, 5.74) is -5.95. The van der Waals surface area contributed by atoms with Gasteiger partial charge in [-0.15, -0.1) is 0 Å². The van der Waals surface area contributed by atoms with Crippen molar-refractivity contribution in [2.45, 2.75) is 95.4 Å². The fraction of sp³-hybridized carbons (Fsp3) is 0.541. The first-order chi connectivity index (χ1) is 25.5. The third-order valence-electron chi connectivity index (χ3n) is 11.1. The summed E-state index contributed by atoms with van der Waals surface area (Å²) in [6.45, 7) is 7.80. The van der Waals surface area contributed by atoms with Gasteiger partial charge in [-0.1, -0.05) is 0 Å². The maximum absolute atomic E-state index is 17.2. The molecule has 0 saturated carbocycles. The van der Waals surface area contributed by atoms with E-state index in [1.165, 1.54) is 0 Å². The number of amides is 1. The maximum atomic E-state index is 17.2. The second-order valence-electron chi connectivity index (χ2n) is 15.9. The Morgan fingerprint density at radius 2 is 1.81 bits per heavy atom. The van der Waals surface area contributed by atoms with Crippen LogP contribution in [0.4, 0.5) is 37.0 Å². The van der Waals surface area contributed by atoms with Crippen LogP contribution in [0.2, 0.25) is 0 Å². The molecule has 0 unspecified atom stereocenters. The van der Waals surface area contributed by atoms with E-state index in [-0.39, 0.29) is 73.0 Å². The van der Waals surface area contributed by atoms with Gasteiger partial charge in [0.05, 0.1) is 34.3 Å². The average molecular weight is 757 g/mol. The standard InChI is InChI=1S/C37H38F6N8O3/c1-18-10-24-27(25(13-44)48-47-24)28(29(18)37(41,42)43)26-23(39)11-22-31(30(26)40)45-33(53-17-36-8-5-9-50(36)14-19(38)12-36)46-32(22)49-15-20-6-7-21(16-49)51(20)34(52)54-35(2,3)4/h10-11,19-21H,5-9,12,14-17H2,1-4H3,(H,47,48)/t19-,20-,21+,36+/m1/s1. The van der Waals surface area contributed by atoms with E-state index in [0.717, 1.165) is 25.5 Å². The summed E-state index contributed by atoms with van der Waals surface area (Å²) < 4.78 is 105. The molecule has 4 fully saturated rings. The number of nitrogens with one attached hydrogen (secondary N) is 1. The average Bonchev–Trinajstić information content (AvgIpc) is 3.81. The number of halogens is 6. The maximum Gasteiger partial charge on any atom is 0.417 e. The van der Waals surface area contributed by atoms with Gasteiger partial charge in [0.2, 0.25) is 0 Å². The predicted octanol–water partition coefficient (Wildman–Crippen LogP) is 7.19. The molecule has 4 aliphatic heterocycles. The molecule has 6 heterocycles. The van der Waals surface area contributed by atoms with Crippen molar-refractivity contribution in [3.05, 3.63) is 40.6 Å². The molecule has 4 aliphatic rings. The fourth-order valence-electron chi connectivity index (χ4n) is 9.05. The van der Waals surface area contributed by atoms with E-state index >= 15 is 8.78 Å². The Kier molecular flexibility index (Phi) is 8.44. The lowest BCUT2D eigenvalue weighted by molar-refractivity contribution is -0.137. The number of alkyl halides is 4. The SMILES string of the molecule is Cc1cc2[nH]nc(C#N)c2c(-c2c(F)cc3c(N4C[C@H]5CC[C@@H](C4)N5C(=O)OC(C)(C)C)nc(OC[C@@]45CCCN4C[C@H](F)C5)nc3c2F)c1C(F)(F)F. The van der Waals surface area contributed by atoms with Crippen LogP contribution in [-0.4, -0.2) is 98.2 Å². The molecule has 54 heavy (non-hydrogen) atoms. The molecule has 0 aliphatic carbocycles. The van der Waals surface area contributed by atoms with Crippen molar-refractivity contribution in [1.29, 1.82) is 5.26 Å². The number of aromatic nitrogens is 4. The molecule has 1 N–H and O–H groups in total. The van der Waals surface area contributed by atoms with Crippen molar-refractivity contribution in [3.8, 4) is 23.2 Å². The summed E-state index contributed by atoms with van der Waals surface area (Å²) in [5.74, 6) is -2.68. The third kappa shape index (κ3) is 5.93. The normalized spacial score (nSPS) is 24.4. The second kappa shape index (κ2) is 12.6. The Bertz CT molecular complexity index is 2220. The Hall–Kier alpha value is -4.85. The van der Waals surface area contributed by atoms with Crippen molar-refractivity contribution >= 4 is 33.7 Å². The number of rotatable bonds is 5. The van der Waals surface area contributed by atoms with E-state index in [9.17, 15) is 27.6 Å². The van der Waals surface area contributed by atoms with Gasteiger partial charge in [0, 0.05) is 42.4 Å². The van der Waals surface area contributed by atoms with Crippen molar-refractivity contribution in [2.75, 3.05) is 37.7 Å². The zero-order chi connectivity index (χ0) is 38.5. The van der Waals surface area contributed by atoms with Crippen LogP contribution in [0.1, 0.15) is 69.7 Å². The number of piperazine rings is 1. The summed E-state index contributed by atoms with van der Waals surface area (Å²) in [7, 11) is 0. The number of benzene rings is 2. The zero-order valence-electron chi connectivity index (χ0n) is 30.1. The lowest BCUT2D eigenvalue weighted by Gasteiger charge is -2.42. The van der Waals surface area contributed by atoms with Crippen LogP contribution in [0.15, 0.2) is 12.1 Å². The number of H-pyrrole nitrogens is 1. The molecule has 4 aromatic rings. The molecule has 8 rings (SSSR count). The van der Waals surface area contributed by atoms with Gasteiger partial charge in [-0.3, -0.25) is 14.9 Å². The Labute approximate surface area is 306 Å². The highest BCUT2D eigenvalue weighted by atomic mass is 19.4.